The molecule has 0 aromatic heterocycles. The number of amides is 1. The topological polar surface area (TPSA) is 74.2 Å². The fraction of sp³-hybridized carbons (Fsp3) is 0.500. The van der Waals surface area contributed by atoms with Crippen molar-refractivity contribution in [2.24, 2.45) is 4.99 Å². The van der Waals surface area contributed by atoms with Crippen LogP contribution in [0.2, 0.25) is 0 Å². The molecule has 2 aliphatic rings. The zero-order valence-electron chi connectivity index (χ0n) is 14.3. The number of hydrogen-bond donors (Lipinski definition) is 2. The van der Waals surface area contributed by atoms with Crippen LogP contribution in [0.15, 0.2) is 28.1 Å². The number of hydrogen-bond acceptors (Lipinski definition) is 6. The van der Waals surface area contributed by atoms with Crippen LogP contribution in [0.3, 0.4) is 0 Å². The molecule has 142 valence electrons. The van der Waals surface area contributed by atoms with Crippen LogP contribution in [-0.2, 0) is 4.79 Å². The number of nitrogens with zero attached hydrogens (tertiary/aromatic N) is 2. The first-order valence-corrected chi connectivity index (χ1v) is 8.76. The standard InChI is InChI=1S/C16H18F3N3O3S/c1-8(23)21-22-14(24)13-11(7-15(22,2)3)20-10-5-4-9(6-12(10)26-13)25-16(17,18)19/h4-6,8,13,21,23H,7H2,1-3H3. The maximum atomic E-state index is 12.9. The van der Waals surface area contributed by atoms with E-state index >= 15 is 0 Å². The van der Waals surface area contributed by atoms with Crippen LogP contribution in [0.25, 0.3) is 0 Å². The molecule has 1 amide bonds. The van der Waals surface area contributed by atoms with E-state index in [1.54, 1.807) is 0 Å². The Hall–Kier alpha value is -1.78. The van der Waals surface area contributed by atoms with E-state index in [0.29, 0.717) is 22.7 Å². The number of benzene rings is 1. The fourth-order valence-corrected chi connectivity index (χ4v) is 4.13. The summed E-state index contributed by atoms with van der Waals surface area (Å²) in [7, 11) is 0. The van der Waals surface area contributed by atoms with Crippen molar-refractivity contribution in [3.63, 3.8) is 0 Å². The smallest absolute Gasteiger partial charge is 0.406 e. The van der Waals surface area contributed by atoms with Crippen molar-refractivity contribution in [2.45, 2.75) is 55.5 Å². The van der Waals surface area contributed by atoms with Crippen LogP contribution in [0, 0.1) is 0 Å². The summed E-state index contributed by atoms with van der Waals surface area (Å²) in [5.41, 5.74) is 3.28. The van der Waals surface area contributed by atoms with Gasteiger partial charge >= 0.3 is 6.36 Å². The first-order chi connectivity index (χ1) is 12.0. The summed E-state index contributed by atoms with van der Waals surface area (Å²) in [6.07, 6.45) is -5.24. The number of aliphatic hydroxyl groups excluding tert-OH is 1. The van der Waals surface area contributed by atoms with Crippen LogP contribution < -0.4 is 10.2 Å². The Balaban J connectivity index is 1.92. The van der Waals surface area contributed by atoms with Crippen LogP contribution >= 0.6 is 11.8 Å². The first-order valence-electron chi connectivity index (χ1n) is 7.88. The highest BCUT2D eigenvalue weighted by atomic mass is 32.2. The van der Waals surface area contributed by atoms with Gasteiger partial charge in [0.1, 0.15) is 17.2 Å². The number of thioether (sulfide) groups is 1. The summed E-state index contributed by atoms with van der Waals surface area (Å²) in [5, 5.41) is 10.3. The lowest BCUT2D eigenvalue weighted by molar-refractivity contribution is -0.274. The number of alkyl halides is 3. The van der Waals surface area contributed by atoms with E-state index in [2.05, 4.69) is 15.2 Å². The summed E-state index contributed by atoms with van der Waals surface area (Å²) in [5.74, 6) is -0.663. The van der Waals surface area contributed by atoms with Crippen molar-refractivity contribution in [1.82, 2.24) is 10.4 Å². The van der Waals surface area contributed by atoms with Gasteiger partial charge in [0.05, 0.1) is 11.2 Å². The molecule has 0 spiro atoms. The lowest BCUT2D eigenvalue weighted by Gasteiger charge is -2.46. The third-order valence-corrected chi connectivity index (χ3v) is 5.25. The summed E-state index contributed by atoms with van der Waals surface area (Å²) in [4.78, 5) is 17.8. The monoisotopic (exact) mass is 389 g/mol. The number of rotatable bonds is 3. The van der Waals surface area contributed by atoms with E-state index in [1.165, 1.54) is 30.1 Å². The molecule has 0 saturated carbocycles. The van der Waals surface area contributed by atoms with Crippen molar-refractivity contribution in [1.29, 1.82) is 0 Å². The molecule has 26 heavy (non-hydrogen) atoms. The predicted octanol–water partition coefficient (Wildman–Crippen LogP) is 2.99. The normalized spacial score (nSPS) is 23.0. The SMILES string of the molecule is CC(O)NN1C(=O)C2Sc3cc(OC(F)(F)F)ccc3N=C2CC1(C)C. The molecule has 3 rings (SSSR count). The van der Waals surface area contributed by atoms with E-state index in [4.69, 9.17) is 0 Å². The predicted molar refractivity (Wildman–Crippen MR) is 90.2 cm³/mol. The second kappa shape index (κ2) is 6.43. The molecule has 6 nitrogen and oxygen atoms in total. The molecule has 0 bridgehead atoms. The molecule has 0 radical (unpaired) electrons. The maximum Gasteiger partial charge on any atom is 0.573 e. The number of halogens is 3. The van der Waals surface area contributed by atoms with Gasteiger partial charge < -0.3 is 9.84 Å². The van der Waals surface area contributed by atoms with E-state index in [0.717, 1.165) is 11.8 Å². The lowest BCUT2D eigenvalue weighted by atomic mass is 9.89. The average Bonchev–Trinajstić information content (AvgIpc) is 2.48. The third kappa shape index (κ3) is 3.81. The molecule has 1 aromatic carbocycles. The van der Waals surface area contributed by atoms with Crippen molar-refractivity contribution >= 4 is 29.1 Å². The molecule has 2 aliphatic heterocycles. The van der Waals surface area contributed by atoms with Crippen molar-refractivity contribution in [3.05, 3.63) is 18.2 Å². The van der Waals surface area contributed by atoms with Crippen LogP contribution in [0.5, 0.6) is 5.75 Å². The largest absolute Gasteiger partial charge is 0.573 e. The fourth-order valence-electron chi connectivity index (χ4n) is 2.97. The molecular weight excluding hydrogens is 371 g/mol. The first kappa shape index (κ1) is 19.0. The van der Waals surface area contributed by atoms with Gasteiger partial charge in [0.25, 0.3) is 5.91 Å². The summed E-state index contributed by atoms with van der Waals surface area (Å²) in [6, 6.07) is 3.88. The number of fused-ring (bicyclic) bond motifs is 2. The highest BCUT2D eigenvalue weighted by Gasteiger charge is 2.46. The summed E-state index contributed by atoms with van der Waals surface area (Å²) in [6.45, 7) is 5.19. The Kier molecular flexibility index (Phi) is 4.70. The number of aliphatic imine (C=N–C) groups is 1. The second-order valence-corrected chi connectivity index (χ2v) is 7.89. The molecule has 2 unspecified atom stereocenters. The molecule has 2 heterocycles. The van der Waals surface area contributed by atoms with Crippen LogP contribution in [0.4, 0.5) is 18.9 Å². The Bertz CT molecular complexity index is 765. The van der Waals surface area contributed by atoms with Crippen LogP contribution in [0.1, 0.15) is 27.2 Å². The minimum absolute atomic E-state index is 0.307. The van der Waals surface area contributed by atoms with Gasteiger partial charge in [-0.2, -0.15) is 0 Å². The number of nitrogens with one attached hydrogen (secondary N) is 1. The molecule has 10 heteroatoms. The summed E-state index contributed by atoms with van der Waals surface area (Å²) < 4.78 is 41.2. The van der Waals surface area contributed by atoms with Crippen molar-refractivity contribution in [2.75, 3.05) is 0 Å². The number of ether oxygens (including phenoxy) is 1. The number of hydrazine groups is 1. The average molecular weight is 389 g/mol. The number of piperidine rings is 1. The zero-order valence-corrected chi connectivity index (χ0v) is 15.1. The number of aliphatic hydroxyl groups is 1. The minimum atomic E-state index is -4.79. The molecule has 0 aliphatic carbocycles. The van der Waals surface area contributed by atoms with E-state index in [-0.39, 0.29) is 11.7 Å². The Morgan fingerprint density at radius 1 is 1.46 bits per heavy atom. The van der Waals surface area contributed by atoms with Gasteiger partial charge in [0.2, 0.25) is 0 Å². The van der Waals surface area contributed by atoms with E-state index in [1.807, 2.05) is 13.8 Å². The molecular formula is C16H18F3N3O3S. The van der Waals surface area contributed by atoms with Gasteiger partial charge in [-0.25, -0.2) is 5.43 Å². The third-order valence-electron chi connectivity index (χ3n) is 3.96. The highest BCUT2D eigenvalue weighted by molar-refractivity contribution is 8.01. The minimum Gasteiger partial charge on any atom is -0.406 e. The number of carbonyl (C=O) groups is 1. The highest BCUT2D eigenvalue weighted by Crippen LogP contribution is 2.45. The van der Waals surface area contributed by atoms with Gasteiger partial charge in [-0.1, -0.05) is 0 Å². The van der Waals surface area contributed by atoms with Crippen LogP contribution in [-0.4, -0.2) is 45.1 Å². The molecule has 1 fully saturated rings. The molecule has 2 atom stereocenters. The van der Waals surface area contributed by atoms with Gasteiger partial charge in [0.15, 0.2) is 0 Å². The van der Waals surface area contributed by atoms with Gasteiger partial charge in [-0.05, 0) is 39.0 Å². The molecule has 2 N–H and O–H groups in total. The molecule has 1 saturated heterocycles. The van der Waals surface area contributed by atoms with E-state index < -0.39 is 23.4 Å². The summed E-state index contributed by atoms with van der Waals surface area (Å²) >= 11 is 1.13. The van der Waals surface area contributed by atoms with Crippen molar-refractivity contribution < 1.29 is 27.8 Å². The quantitative estimate of drug-likeness (QED) is 0.778. The lowest BCUT2D eigenvalue weighted by Crippen LogP contribution is -2.65. The number of carbonyl (C=O) groups excluding carboxylic acids is 1. The van der Waals surface area contributed by atoms with Gasteiger partial charge in [-0.3, -0.25) is 14.8 Å². The second-order valence-electron chi connectivity index (χ2n) is 6.75. The van der Waals surface area contributed by atoms with Crippen molar-refractivity contribution in [3.8, 4) is 5.75 Å². The zero-order chi connectivity index (χ0) is 19.3. The maximum absolute atomic E-state index is 12.9. The Morgan fingerprint density at radius 3 is 2.77 bits per heavy atom. The van der Waals surface area contributed by atoms with E-state index in [9.17, 15) is 23.1 Å². The Labute approximate surface area is 152 Å². The Morgan fingerprint density at radius 2 is 2.15 bits per heavy atom. The molecule has 1 aromatic rings. The van der Waals surface area contributed by atoms with Gasteiger partial charge in [0, 0.05) is 17.0 Å². The van der Waals surface area contributed by atoms with Gasteiger partial charge in [-0.15, -0.1) is 24.9 Å².